The van der Waals surface area contributed by atoms with Crippen LogP contribution in [0.1, 0.15) is 6.92 Å². The van der Waals surface area contributed by atoms with E-state index in [0.29, 0.717) is 0 Å². The number of nitrogens with two attached hydrogens (primary N) is 1. The van der Waals surface area contributed by atoms with E-state index in [2.05, 4.69) is 5.73 Å². The first-order valence-electron chi connectivity index (χ1n) is 1.59. The molecule has 6 heavy (non-hydrogen) atoms. The zero-order chi connectivity index (χ0) is 5.58. The van der Waals surface area contributed by atoms with E-state index in [4.69, 9.17) is 23.2 Å². The maximum Gasteiger partial charge on any atom is 0.105 e. The van der Waals surface area contributed by atoms with E-state index >= 15 is 0 Å². The van der Waals surface area contributed by atoms with Crippen molar-refractivity contribution in [1.29, 1.82) is 0 Å². The summed E-state index contributed by atoms with van der Waals surface area (Å²) in [5, 5.41) is 0. The number of hydrogen-bond acceptors (Lipinski definition) is 1. The molecule has 40 valence electrons. The van der Waals surface area contributed by atoms with Crippen molar-refractivity contribution in [3.8, 4) is 0 Å². The lowest BCUT2D eigenvalue weighted by Crippen LogP contribution is -1.69. The predicted octanol–water partition coefficient (Wildman–Crippen LogP) is 1.38. The van der Waals surface area contributed by atoms with Crippen LogP contribution in [0.2, 0.25) is 0 Å². The predicted molar refractivity (Wildman–Crippen MR) is 31.3 cm³/mol. The minimum Gasteiger partial charge on any atom is -0.333 e. The second kappa shape index (κ2) is 9.11. The van der Waals surface area contributed by atoms with Gasteiger partial charge in [-0.15, -0.1) is 23.2 Å². The summed E-state index contributed by atoms with van der Waals surface area (Å²) in [5.74, 6) is 0. The molecule has 0 fully saturated rings. The molecule has 3 heteroatoms. The smallest absolute Gasteiger partial charge is 0.105 e. The summed E-state index contributed by atoms with van der Waals surface area (Å²) < 4.78 is 0. The Morgan fingerprint density at radius 1 is 1.33 bits per heavy atom. The topological polar surface area (TPSA) is 26.0 Å². The van der Waals surface area contributed by atoms with Crippen LogP contribution in [0.5, 0.6) is 0 Å². The van der Waals surface area contributed by atoms with E-state index in [1.165, 1.54) is 7.05 Å². The molecule has 0 aliphatic rings. The summed E-state index contributed by atoms with van der Waals surface area (Å²) >= 11 is 10.1. The van der Waals surface area contributed by atoms with Gasteiger partial charge in [0.05, 0.1) is 0 Å². The Hall–Kier alpha value is 0.540. The van der Waals surface area contributed by atoms with Gasteiger partial charge in [-0.2, -0.15) is 0 Å². The Morgan fingerprint density at radius 3 is 1.33 bits per heavy atom. The fourth-order valence-corrected chi connectivity index (χ4v) is 0. The molecule has 0 bridgehead atoms. The second-order valence-electron chi connectivity index (χ2n) is 0.519. The zero-order valence-electron chi connectivity index (χ0n) is 3.91. The minimum absolute atomic E-state index is 0.222. The highest BCUT2D eigenvalue weighted by molar-refractivity contribution is 6.43. The van der Waals surface area contributed by atoms with Crippen LogP contribution in [0.3, 0.4) is 0 Å². The number of rotatable bonds is 0. The summed E-state index contributed by atoms with van der Waals surface area (Å²) in [6.45, 7) is 1.70. The molecule has 0 radical (unpaired) electrons. The van der Waals surface area contributed by atoms with Gasteiger partial charge in [0.25, 0.3) is 0 Å². The third kappa shape index (κ3) is 195. The van der Waals surface area contributed by atoms with Crippen LogP contribution < -0.4 is 5.73 Å². The molecule has 0 saturated carbocycles. The van der Waals surface area contributed by atoms with Crippen molar-refractivity contribution in [3.05, 3.63) is 0 Å². The van der Waals surface area contributed by atoms with Gasteiger partial charge >= 0.3 is 0 Å². The number of halogens is 2. The van der Waals surface area contributed by atoms with Gasteiger partial charge in [-0.05, 0) is 14.0 Å². The molecule has 0 aromatic carbocycles. The van der Waals surface area contributed by atoms with Gasteiger partial charge < -0.3 is 5.73 Å². The van der Waals surface area contributed by atoms with E-state index in [0.717, 1.165) is 0 Å². The molecule has 0 aliphatic carbocycles. The molecular weight excluding hydrogens is 121 g/mol. The molecule has 0 saturated heterocycles. The third-order valence-corrected chi connectivity index (χ3v) is 0. The first kappa shape index (κ1) is 9.74. The Kier molecular flexibility index (Phi) is 14.8. The van der Waals surface area contributed by atoms with Gasteiger partial charge in [0.2, 0.25) is 0 Å². The summed E-state index contributed by atoms with van der Waals surface area (Å²) in [6, 6.07) is 0. The number of alkyl halides is 2. The minimum atomic E-state index is -0.222. The molecule has 0 atom stereocenters. The number of hydrogen-bond donors (Lipinski definition) is 1. The maximum atomic E-state index is 5.04. The molecule has 0 aromatic heterocycles. The molecule has 2 N–H and O–H groups in total. The highest BCUT2D eigenvalue weighted by Gasteiger charge is 1.75. The molecule has 0 aliphatic heterocycles. The molecule has 0 aromatic rings. The average Bonchev–Trinajstić information content (AvgIpc) is 1.41. The van der Waals surface area contributed by atoms with Crippen LogP contribution in [0.4, 0.5) is 0 Å². The van der Waals surface area contributed by atoms with Crippen molar-refractivity contribution in [3.63, 3.8) is 0 Å². The van der Waals surface area contributed by atoms with E-state index in [9.17, 15) is 0 Å². The van der Waals surface area contributed by atoms with E-state index in [1.807, 2.05) is 0 Å². The van der Waals surface area contributed by atoms with Crippen molar-refractivity contribution in [2.75, 3.05) is 7.05 Å². The molecule has 0 amide bonds. The SMILES string of the molecule is CC(Cl)Cl.CN. The molecular formula is C3H9Cl2N. The van der Waals surface area contributed by atoms with E-state index in [-0.39, 0.29) is 4.84 Å². The van der Waals surface area contributed by atoms with Crippen molar-refractivity contribution < 1.29 is 0 Å². The Morgan fingerprint density at radius 2 is 1.33 bits per heavy atom. The van der Waals surface area contributed by atoms with Gasteiger partial charge in [0, 0.05) is 0 Å². The summed E-state index contributed by atoms with van der Waals surface area (Å²) in [5.41, 5.74) is 4.50. The Labute approximate surface area is 48.4 Å². The second-order valence-corrected chi connectivity index (χ2v) is 2.05. The molecule has 0 unspecified atom stereocenters. The molecule has 0 rings (SSSR count). The first-order chi connectivity index (χ1) is 2.73. The quantitative estimate of drug-likeness (QED) is 0.492. The monoisotopic (exact) mass is 129 g/mol. The fraction of sp³-hybridized carbons (Fsp3) is 1.00. The van der Waals surface area contributed by atoms with Gasteiger partial charge in [-0.3, -0.25) is 0 Å². The van der Waals surface area contributed by atoms with Crippen molar-refractivity contribution in [2.24, 2.45) is 5.73 Å². The molecule has 0 heterocycles. The van der Waals surface area contributed by atoms with Gasteiger partial charge in [-0.25, -0.2) is 0 Å². The maximum absolute atomic E-state index is 5.04. The van der Waals surface area contributed by atoms with Crippen molar-refractivity contribution in [1.82, 2.24) is 0 Å². The highest BCUT2D eigenvalue weighted by Crippen LogP contribution is 1.95. The van der Waals surface area contributed by atoms with Crippen LogP contribution in [-0.4, -0.2) is 11.9 Å². The highest BCUT2D eigenvalue weighted by atomic mass is 35.5. The normalized spacial score (nSPS) is 7.00. The first-order valence-corrected chi connectivity index (χ1v) is 2.46. The third-order valence-electron chi connectivity index (χ3n) is 0. The standard InChI is InChI=1S/C2H4Cl2.CH5N/c1-2(3)4;1-2/h2H,1H3;2H2,1H3. The lowest BCUT2D eigenvalue weighted by molar-refractivity contribution is 1.39. The largest absolute Gasteiger partial charge is 0.333 e. The molecule has 0 spiro atoms. The van der Waals surface area contributed by atoms with Gasteiger partial charge in [0.1, 0.15) is 4.84 Å². The van der Waals surface area contributed by atoms with Crippen LogP contribution in [0.25, 0.3) is 0 Å². The summed E-state index contributed by atoms with van der Waals surface area (Å²) in [6.07, 6.45) is 0. The summed E-state index contributed by atoms with van der Waals surface area (Å²) in [4.78, 5) is -0.222. The van der Waals surface area contributed by atoms with Crippen LogP contribution in [-0.2, 0) is 0 Å². The lowest BCUT2D eigenvalue weighted by Gasteiger charge is -1.72. The van der Waals surface area contributed by atoms with Crippen LogP contribution in [0, 0.1) is 0 Å². The summed E-state index contributed by atoms with van der Waals surface area (Å²) in [7, 11) is 1.50. The van der Waals surface area contributed by atoms with Crippen LogP contribution in [0.15, 0.2) is 0 Å². The van der Waals surface area contributed by atoms with E-state index in [1.54, 1.807) is 6.92 Å². The van der Waals surface area contributed by atoms with Crippen LogP contribution >= 0.6 is 23.2 Å². The zero-order valence-corrected chi connectivity index (χ0v) is 5.42. The molecule has 1 nitrogen and oxygen atoms in total. The van der Waals surface area contributed by atoms with Gasteiger partial charge in [-0.1, -0.05) is 0 Å². The van der Waals surface area contributed by atoms with Crippen molar-refractivity contribution in [2.45, 2.75) is 11.8 Å². The average molecular weight is 130 g/mol. The fourth-order valence-electron chi connectivity index (χ4n) is 0. The van der Waals surface area contributed by atoms with Crippen molar-refractivity contribution >= 4 is 23.2 Å². The van der Waals surface area contributed by atoms with E-state index < -0.39 is 0 Å². The Bertz CT molecular complexity index is 13.5. The lowest BCUT2D eigenvalue weighted by atomic mass is 11.0. The van der Waals surface area contributed by atoms with Gasteiger partial charge in [0.15, 0.2) is 0 Å². The Balaban J connectivity index is 0.